The Morgan fingerprint density at radius 1 is 0.419 bits per heavy atom. The maximum Gasteiger partial charge on any atom is 0.169 e. The molecule has 9 rings (SSSR count). The number of nitrogens with zero attached hydrogens (tertiary/aromatic N) is 2. The first-order valence-electron chi connectivity index (χ1n) is 14.5. The Hall–Kier alpha value is -5.74. The fourth-order valence-corrected chi connectivity index (χ4v) is 6.45. The van der Waals surface area contributed by atoms with Crippen LogP contribution in [0.25, 0.3) is 54.3 Å². The Kier molecular flexibility index (Phi) is 5.23. The number of amidine groups is 2. The van der Waals surface area contributed by atoms with Crippen molar-refractivity contribution in [3.63, 3.8) is 0 Å². The highest BCUT2D eigenvalue weighted by molar-refractivity contribution is 6.25. The van der Waals surface area contributed by atoms with Crippen LogP contribution in [0.15, 0.2) is 154 Å². The van der Waals surface area contributed by atoms with Gasteiger partial charge in [0.05, 0.1) is 0 Å². The molecule has 0 aliphatic carbocycles. The van der Waals surface area contributed by atoms with E-state index in [9.17, 15) is 0 Å². The van der Waals surface area contributed by atoms with Crippen LogP contribution in [0.1, 0.15) is 22.9 Å². The van der Waals surface area contributed by atoms with Crippen LogP contribution in [0, 0.1) is 0 Å². The molecule has 1 aliphatic heterocycles. The predicted molar refractivity (Wildman–Crippen MR) is 178 cm³/mol. The lowest BCUT2D eigenvalue weighted by Crippen LogP contribution is -2.36. The monoisotopic (exact) mass is 551 g/mol. The van der Waals surface area contributed by atoms with Gasteiger partial charge in [-0.25, -0.2) is 9.98 Å². The van der Waals surface area contributed by atoms with Crippen molar-refractivity contribution in [1.82, 2.24) is 5.32 Å². The van der Waals surface area contributed by atoms with Gasteiger partial charge in [-0.3, -0.25) is 0 Å². The number of aliphatic imine (C=N–C) groups is 2. The van der Waals surface area contributed by atoms with Crippen LogP contribution in [0.3, 0.4) is 0 Å². The summed E-state index contributed by atoms with van der Waals surface area (Å²) in [5, 5.41) is 13.2. The highest BCUT2D eigenvalue weighted by Gasteiger charge is 2.22. The van der Waals surface area contributed by atoms with E-state index >= 15 is 0 Å². The highest BCUT2D eigenvalue weighted by Crippen LogP contribution is 2.37. The van der Waals surface area contributed by atoms with Gasteiger partial charge in [0.15, 0.2) is 6.17 Å². The number of para-hydroxylation sites is 1. The number of rotatable bonds is 3. The summed E-state index contributed by atoms with van der Waals surface area (Å²) >= 11 is 0. The van der Waals surface area contributed by atoms with Crippen LogP contribution in [0.5, 0.6) is 0 Å². The zero-order valence-corrected chi connectivity index (χ0v) is 23.2. The van der Waals surface area contributed by atoms with Crippen molar-refractivity contribution < 1.29 is 4.42 Å². The van der Waals surface area contributed by atoms with E-state index in [-0.39, 0.29) is 0 Å². The molecule has 8 aromatic rings. The number of nitrogens with one attached hydrogen (secondary N) is 1. The Balaban J connectivity index is 1.23. The number of hydrogen-bond donors (Lipinski definition) is 1. The molecule has 2 heterocycles. The molecule has 0 saturated carbocycles. The number of fused-ring (bicyclic) bond motifs is 9. The van der Waals surface area contributed by atoms with Crippen molar-refractivity contribution in [2.45, 2.75) is 6.17 Å². The lowest BCUT2D eigenvalue weighted by atomic mass is 9.93. The van der Waals surface area contributed by atoms with Crippen LogP contribution in [0.4, 0.5) is 0 Å². The van der Waals surface area contributed by atoms with Crippen LogP contribution >= 0.6 is 0 Å². The lowest BCUT2D eigenvalue weighted by Gasteiger charge is -2.23. The molecular weight excluding hydrogens is 526 g/mol. The summed E-state index contributed by atoms with van der Waals surface area (Å²) in [5.74, 6) is 1.56. The van der Waals surface area contributed by atoms with Crippen LogP contribution < -0.4 is 5.32 Å². The second-order valence-corrected chi connectivity index (χ2v) is 11.0. The molecule has 7 aromatic carbocycles. The third-order valence-corrected chi connectivity index (χ3v) is 8.51. The lowest BCUT2D eigenvalue weighted by molar-refractivity contribution is 0.668. The largest absolute Gasteiger partial charge is 0.456 e. The first-order valence-corrected chi connectivity index (χ1v) is 14.5. The Labute approximate surface area is 247 Å². The van der Waals surface area contributed by atoms with Crippen LogP contribution in [-0.4, -0.2) is 11.7 Å². The maximum atomic E-state index is 6.22. The van der Waals surface area contributed by atoms with E-state index < -0.39 is 6.17 Å². The van der Waals surface area contributed by atoms with Crippen molar-refractivity contribution in [2.24, 2.45) is 9.98 Å². The first kappa shape index (κ1) is 23.9. The molecule has 1 aromatic heterocycles. The smallest absolute Gasteiger partial charge is 0.169 e. The summed E-state index contributed by atoms with van der Waals surface area (Å²) in [6, 6.07) is 48.7. The first-order chi connectivity index (χ1) is 21.3. The molecule has 0 amide bonds. The van der Waals surface area contributed by atoms with Crippen molar-refractivity contribution >= 4 is 65.9 Å². The fraction of sp³-hybridized carbons (Fsp3) is 0.0256. The van der Waals surface area contributed by atoms with Gasteiger partial charge in [0.25, 0.3) is 0 Å². The molecule has 4 heteroatoms. The van der Waals surface area contributed by atoms with Crippen LogP contribution in [-0.2, 0) is 0 Å². The predicted octanol–water partition coefficient (Wildman–Crippen LogP) is 9.54. The van der Waals surface area contributed by atoms with Crippen LogP contribution in [0.2, 0.25) is 0 Å². The van der Waals surface area contributed by atoms with E-state index in [2.05, 4.69) is 108 Å². The minimum Gasteiger partial charge on any atom is -0.456 e. The van der Waals surface area contributed by atoms with E-state index in [1.54, 1.807) is 0 Å². The fourth-order valence-electron chi connectivity index (χ4n) is 6.45. The molecule has 0 spiro atoms. The van der Waals surface area contributed by atoms with E-state index in [1.165, 1.54) is 32.3 Å². The second kappa shape index (κ2) is 9.40. The molecule has 0 bridgehead atoms. The zero-order chi connectivity index (χ0) is 28.3. The third kappa shape index (κ3) is 3.84. The number of benzene rings is 7. The second-order valence-electron chi connectivity index (χ2n) is 11.0. The molecule has 1 atom stereocenters. The Morgan fingerprint density at radius 3 is 1.67 bits per heavy atom. The molecule has 4 nitrogen and oxygen atoms in total. The molecule has 1 aliphatic rings. The molecule has 202 valence electrons. The highest BCUT2D eigenvalue weighted by atomic mass is 16.3. The maximum absolute atomic E-state index is 6.22. The van der Waals surface area contributed by atoms with Crippen molar-refractivity contribution in [3.8, 4) is 0 Å². The normalized spacial score (nSPS) is 15.2. The molecule has 1 unspecified atom stereocenters. The van der Waals surface area contributed by atoms with Gasteiger partial charge in [0.1, 0.15) is 22.8 Å². The SMILES string of the molecule is c1ccc(C2=NC(c3ccc4c5ccccc5c5ccccc5c4c3)N=C(c3ccc4c(c3)oc3ccccc34)N2)cc1. The summed E-state index contributed by atoms with van der Waals surface area (Å²) in [4.78, 5) is 10.3. The van der Waals surface area contributed by atoms with E-state index in [4.69, 9.17) is 14.4 Å². The molecule has 0 fully saturated rings. The van der Waals surface area contributed by atoms with Crippen molar-refractivity contribution in [1.29, 1.82) is 0 Å². The summed E-state index contributed by atoms with van der Waals surface area (Å²) < 4.78 is 6.22. The van der Waals surface area contributed by atoms with Gasteiger partial charge in [-0.2, -0.15) is 0 Å². The quantitative estimate of drug-likeness (QED) is 0.222. The molecular formula is C39H25N3O. The minimum absolute atomic E-state index is 0.410. The summed E-state index contributed by atoms with van der Waals surface area (Å²) in [6.45, 7) is 0. The van der Waals surface area contributed by atoms with Gasteiger partial charge in [0.2, 0.25) is 0 Å². The standard InChI is InChI=1S/C39H25N3O/c1-2-10-24(11-3-1)37-40-38(42-39(41-37)26-19-21-33-32-16-8-9-17-35(32)43-36(33)23-26)25-18-20-31-29-14-5-4-12-27(29)28-13-6-7-15-30(28)34(31)22-25/h1-23,38H,(H,40,41,42). The average molecular weight is 552 g/mol. The number of hydrogen-bond acceptors (Lipinski definition) is 4. The van der Waals surface area contributed by atoms with Gasteiger partial charge in [-0.1, -0.05) is 115 Å². The third-order valence-electron chi connectivity index (χ3n) is 8.51. The van der Waals surface area contributed by atoms with Crippen molar-refractivity contribution in [2.75, 3.05) is 0 Å². The average Bonchev–Trinajstić information content (AvgIpc) is 3.46. The van der Waals surface area contributed by atoms with Gasteiger partial charge >= 0.3 is 0 Å². The topological polar surface area (TPSA) is 49.9 Å². The van der Waals surface area contributed by atoms with Gasteiger partial charge in [-0.05, 0) is 62.1 Å². The minimum atomic E-state index is -0.410. The summed E-state index contributed by atoms with van der Waals surface area (Å²) in [5.41, 5.74) is 4.74. The Morgan fingerprint density at radius 2 is 0.953 bits per heavy atom. The van der Waals surface area contributed by atoms with Crippen molar-refractivity contribution in [3.05, 3.63) is 156 Å². The zero-order valence-electron chi connectivity index (χ0n) is 23.2. The van der Waals surface area contributed by atoms with E-state index in [1.807, 2.05) is 36.4 Å². The van der Waals surface area contributed by atoms with E-state index in [0.717, 1.165) is 50.3 Å². The molecule has 0 radical (unpaired) electrons. The van der Waals surface area contributed by atoms with Gasteiger partial charge in [0, 0.05) is 21.9 Å². The van der Waals surface area contributed by atoms with Gasteiger partial charge in [-0.15, -0.1) is 0 Å². The Bertz CT molecular complexity index is 2400. The molecule has 43 heavy (non-hydrogen) atoms. The van der Waals surface area contributed by atoms with Gasteiger partial charge < -0.3 is 9.73 Å². The number of furan rings is 1. The molecule has 1 N–H and O–H groups in total. The van der Waals surface area contributed by atoms with E-state index in [0.29, 0.717) is 0 Å². The summed E-state index contributed by atoms with van der Waals surface area (Å²) in [7, 11) is 0. The molecule has 0 saturated heterocycles. The summed E-state index contributed by atoms with van der Waals surface area (Å²) in [6.07, 6.45) is -0.410.